The Hall–Kier alpha value is -1.60. The molecule has 0 spiro atoms. The van der Waals surface area contributed by atoms with E-state index in [1.807, 2.05) is 12.1 Å². The molecule has 0 unspecified atom stereocenters. The summed E-state index contributed by atoms with van der Waals surface area (Å²) in [7, 11) is 0. The van der Waals surface area contributed by atoms with Crippen LogP contribution >= 0.6 is 0 Å². The maximum atomic E-state index is 8.87. The Bertz CT molecular complexity index is 366. The number of aromatic nitrogens is 1. The molecule has 1 aromatic rings. The van der Waals surface area contributed by atoms with Crippen molar-refractivity contribution in [2.24, 2.45) is 0 Å². The van der Waals surface area contributed by atoms with Gasteiger partial charge in [0.1, 0.15) is 6.07 Å². The zero-order chi connectivity index (χ0) is 10.5. The van der Waals surface area contributed by atoms with Gasteiger partial charge in [-0.05, 0) is 25.0 Å². The molecule has 0 bridgehead atoms. The number of nitriles is 1. The fourth-order valence-electron chi connectivity index (χ4n) is 1.67. The predicted molar refractivity (Wildman–Crippen MR) is 56.4 cm³/mol. The monoisotopic (exact) mass is 203 g/mol. The summed E-state index contributed by atoms with van der Waals surface area (Å²) in [5.74, 6) is 0. The van der Waals surface area contributed by atoms with Gasteiger partial charge in [-0.15, -0.1) is 0 Å². The van der Waals surface area contributed by atoms with Gasteiger partial charge in [-0.2, -0.15) is 5.26 Å². The average molecular weight is 203 g/mol. The lowest BCUT2D eigenvalue weighted by molar-refractivity contribution is 0.0904. The molecule has 1 aliphatic heterocycles. The molecule has 0 aliphatic carbocycles. The summed E-state index contributed by atoms with van der Waals surface area (Å²) in [4.78, 5) is 4.01. The summed E-state index contributed by atoms with van der Waals surface area (Å²) in [6.45, 7) is 1.58. The van der Waals surface area contributed by atoms with Gasteiger partial charge in [-0.1, -0.05) is 0 Å². The molecule has 2 rings (SSSR count). The van der Waals surface area contributed by atoms with E-state index in [1.54, 1.807) is 6.20 Å². The first kappa shape index (κ1) is 9.94. The van der Waals surface area contributed by atoms with Crippen molar-refractivity contribution in [3.8, 4) is 6.07 Å². The maximum Gasteiger partial charge on any atom is 0.163 e. The van der Waals surface area contributed by atoms with Crippen LogP contribution in [-0.4, -0.2) is 24.2 Å². The number of hydrogen-bond donors (Lipinski definition) is 1. The van der Waals surface area contributed by atoms with E-state index >= 15 is 0 Å². The van der Waals surface area contributed by atoms with E-state index < -0.39 is 0 Å². The van der Waals surface area contributed by atoms with Crippen LogP contribution < -0.4 is 5.32 Å². The van der Waals surface area contributed by atoms with Crippen LogP contribution in [-0.2, 0) is 4.74 Å². The number of nitrogens with one attached hydrogen (secondary N) is 1. The molecule has 4 heteroatoms. The molecule has 0 amide bonds. The summed E-state index contributed by atoms with van der Waals surface area (Å²) in [5.41, 5.74) is 1.29. The Kier molecular flexibility index (Phi) is 3.15. The van der Waals surface area contributed by atoms with Crippen LogP contribution in [0.25, 0.3) is 0 Å². The highest BCUT2D eigenvalue weighted by Gasteiger charge is 2.14. The largest absolute Gasteiger partial charge is 0.381 e. The molecule has 0 saturated carbocycles. The summed E-state index contributed by atoms with van der Waals surface area (Å²) < 4.78 is 5.27. The molecular weight excluding hydrogens is 190 g/mol. The van der Waals surface area contributed by atoms with E-state index in [2.05, 4.69) is 16.4 Å². The summed E-state index contributed by atoms with van der Waals surface area (Å²) in [6, 6.07) is 6.20. The molecular formula is C11H13N3O. The van der Waals surface area contributed by atoms with E-state index in [0.717, 1.165) is 31.7 Å². The molecule has 1 aromatic heterocycles. The lowest BCUT2D eigenvalue weighted by Crippen LogP contribution is -2.28. The zero-order valence-electron chi connectivity index (χ0n) is 8.44. The molecule has 1 N–H and O–H groups in total. The van der Waals surface area contributed by atoms with Gasteiger partial charge < -0.3 is 10.1 Å². The van der Waals surface area contributed by atoms with Crippen molar-refractivity contribution in [1.82, 2.24) is 4.98 Å². The highest BCUT2D eigenvalue weighted by molar-refractivity contribution is 5.53. The second-order valence-electron chi connectivity index (χ2n) is 3.54. The van der Waals surface area contributed by atoms with Crippen LogP contribution in [0.4, 0.5) is 5.69 Å². The first-order valence-electron chi connectivity index (χ1n) is 5.09. The van der Waals surface area contributed by atoms with Gasteiger partial charge in [0.15, 0.2) is 5.69 Å². The zero-order valence-corrected chi connectivity index (χ0v) is 8.44. The third-order valence-corrected chi connectivity index (χ3v) is 2.49. The van der Waals surface area contributed by atoms with E-state index in [9.17, 15) is 0 Å². The Morgan fingerprint density at radius 1 is 1.47 bits per heavy atom. The molecule has 78 valence electrons. The van der Waals surface area contributed by atoms with Crippen LogP contribution in [0, 0.1) is 11.3 Å². The van der Waals surface area contributed by atoms with Crippen molar-refractivity contribution in [3.63, 3.8) is 0 Å². The highest BCUT2D eigenvalue weighted by atomic mass is 16.5. The number of pyridine rings is 1. The van der Waals surface area contributed by atoms with Crippen molar-refractivity contribution < 1.29 is 4.74 Å². The fourth-order valence-corrected chi connectivity index (χ4v) is 1.67. The molecule has 0 atom stereocenters. The summed E-state index contributed by atoms with van der Waals surface area (Å²) >= 11 is 0. The third-order valence-electron chi connectivity index (χ3n) is 2.49. The van der Waals surface area contributed by atoms with Crippen LogP contribution in [0.3, 0.4) is 0 Å². The molecule has 15 heavy (non-hydrogen) atoms. The number of ether oxygens (including phenoxy) is 1. The van der Waals surface area contributed by atoms with Gasteiger partial charge in [0.25, 0.3) is 0 Å². The van der Waals surface area contributed by atoms with E-state index in [1.165, 1.54) is 0 Å². The topological polar surface area (TPSA) is 57.9 Å². The van der Waals surface area contributed by atoms with Crippen molar-refractivity contribution >= 4 is 5.69 Å². The Morgan fingerprint density at radius 3 is 3.00 bits per heavy atom. The molecule has 2 heterocycles. The van der Waals surface area contributed by atoms with Gasteiger partial charge in [-0.3, -0.25) is 0 Å². The van der Waals surface area contributed by atoms with Crippen LogP contribution in [0.1, 0.15) is 18.5 Å². The van der Waals surface area contributed by atoms with Crippen molar-refractivity contribution in [1.29, 1.82) is 5.26 Å². The number of anilines is 1. The lowest BCUT2D eigenvalue weighted by atomic mass is 10.1. The normalized spacial score (nSPS) is 17.0. The van der Waals surface area contributed by atoms with Crippen molar-refractivity contribution in [2.75, 3.05) is 18.5 Å². The molecule has 1 aliphatic rings. The second-order valence-corrected chi connectivity index (χ2v) is 3.54. The predicted octanol–water partition coefficient (Wildman–Crippen LogP) is 1.54. The Morgan fingerprint density at radius 2 is 2.27 bits per heavy atom. The first-order valence-corrected chi connectivity index (χ1v) is 5.09. The molecule has 1 fully saturated rings. The van der Waals surface area contributed by atoms with E-state index in [4.69, 9.17) is 10.00 Å². The average Bonchev–Trinajstić information content (AvgIpc) is 2.31. The van der Waals surface area contributed by atoms with E-state index in [-0.39, 0.29) is 0 Å². The highest BCUT2D eigenvalue weighted by Crippen LogP contribution is 2.16. The van der Waals surface area contributed by atoms with Crippen LogP contribution in [0.5, 0.6) is 0 Å². The molecule has 4 nitrogen and oxygen atoms in total. The number of nitrogens with zero attached hydrogens (tertiary/aromatic N) is 2. The van der Waals surface area contributed by atoms with Gasteiger partial charge >= 0.3 is 0 Å². The Labute approximate surface area is 88.9 Å². The van der Waals surface area contributed by atoms with Gasteiger partial charge in [0.05, 0.1) is 5.69 Å². The Balaban J connectivity index is 2.06. The van der Waals surface area contributed by atoms with Gasteiger partial charge in [0, 0.05) is 25.5 Å². The van der Waals surface area contributed by atoms with Crippen LogP contribution in [0.15, 0.2) is 18.3 Å². The standard InChI is InChI=1S/C11H13N3O/c12-8-11-10(2-1-5-13-11)14-9-3-6-15-7-4-9/h1-2,5,9,14H,3-4,6-7H2. The second kappa shape index (κ2) is 4.76. The minimum Gasteiger partial charge on any atom is -0.381 e. The number of hydrogen-bond acceptors (Lipinski definition) is 4. The van der Waals surface area contributed by atoms with Crippen molar-refractivity contribution in [2.45, 2.75) is 18.9 Å². The molecule has 1 saturated heterocycles. The van der Waals surface area contributed by atoms with E-state index in [0.29, 0.717) is 11.7 Å². The van der Waals surface area contributed by atoms with Gasteiger partial charge in [-0.25, -0.2) is 4.98 Å². The molecule has 0 aromatic carbocycles. The summed E-state index contributed by atoms with van der Waals surface area (Å²) in [6.07, 6.45) is 3.60. The first-order chi connectivity index (χ1) is 7.40. The lowest BCUT2D eigenvalue weighted by Gasteiger charge is -2.24. The smallest absolute Gasteiger partial charge is 0.163 e. The molecule has 0 radical (unpaired) electrons. The van der Waals surface area contributed by atoms with Crippen molar-refractivity contribution in [3.05, 3.63) is 24.0 Å². The SMILES string of the molecule is N#Cc1ncccc1NC1CCOCC1. The maximum absolute atomic E-state index is 8.87. The van der Waals surface area contributed by atoms with Crippen LogP contribution in [0.2, 0.25) is 0 Å². The quantitative estimate of drug-likeness (QED) is 0.792. The summed E-state index contributed by atoms with van der Waals surface area (Å²) in [5, 5.41) is 12.2. The number of rotatable bonds is 2. The fraction of sp³-hybridized carbons (Fsp3) is 0.455. The minimum absolute atomic E-state index is 0.398. The third kappa shape index (κ3) is 2.45. The minimum atomic E-state index is 0.398. The van der Waals surface area contributed by atoms with Gasteiger partial charge in [0.2, 0.25) is 0 Å².